The molecule has 3 unspecified atom stereocenters. The van der Waals surface area contributed by atoms with Gasteiger partial charge in [0, 0.05) is 18.2 Å². The van der Waals surface area contributed by atoms with Gasteiger partial charge >= 0.3 is 0 Å². The van der Waals surface area contributed by atoms with Crippen LogP contribution in [0.15, 0.2) is 17.1 Å². The van der Waals surface area contributed by atoms with Gasteiger partial charge in [-0.1, -0.05) is 77.8 Å². The second-order valence-electron chi connectivity index (χ2n) is 9.44. The van der Waals surface area contributed by atoms with Crippen molar-refractivity contribution in [3.05, 3.63) is 28.8 Å². The molecular weight excluding hydrogens is 356 g/mol. The minimum absolute atomic E-state index is 0.189. The molecule has 0 amide bonds. The van der Waals surface area contributed by atoms with Gasteiger partial charge in [0.15, 0.2) is 0 Å². The van der Waals surface area contributed by atoms with Gasteiger partial charge in [0.1, 0.15) is 5.75 Å². The molecule has 1 saturated carbocycles. The summed E-state index contributed by atoms with van der Waals surface area (Å²) in [7, 11) is 0. The fourth-order valence-corrected chi connectivity index (χ4v) is 4.89. The highest BCUT2D eigenvalue weighted by atomic mass is 16.3. The van der Waals surface area contributed by atoms with Gasteiger partial charge in [-0.15, -0.1) is 0 Å². The number of nitrogens with one attached hydrogen (secondary N) is 1. The minimum Gasteiger partial charge on any atom is -0.507 e. The lowest BCUT2D eigenvalue weighted by Crippen LogP contribution is -2.40. The number of nitrogens with zero attached hydrogens (tertiary/aromatic N) is 1. The third-order valence-corrected chi connectivity index (χ3v) is 7.01. The Balaban J connectivity index is 2.21. The monoisotopic (exact) mass is 400 g/mol. The van der Waals surface area contributed by atoms with Crippen LogP contribution in [0.5, 0.6) is 5.75 Å². The number of unbranched alkanes of at least 4 members (excludes halogenated alkanes) is 3. The van der Waals surface area contributed by atoms with E-state index >= 15 is 0 Å². The van der Waals surface area contributed by atoms with Crippen LogP contribution in [0.3, 0.4) is 0 Å². The topological polar surface area (TPSA) is 44.6 Å². The Labute approximate surface area is 179 Å². The largest absolute Gasteiger partial charge is 0.507 e. The molecule has 2 N–H and O–H groups in total. The molecule has 0 aliphatic heterocycles. The van der Waals surface area contributed by atoms with Crippen molar-refractivity contribution in [2.75, 3.05) is 0 Å². The molecule has 0 radical (unpaired) electrons. The van der Waals surface area contributed by atoms with Gasteiger partial charge < -0.3 is 10.4 Å². The van der Waals surface area contributed by atoms with Crippen molar-refractivity contribution >= 4 is 6.72 Å². The van der Waals surface area contributed by atoms with Crippen molar-refractivity contribution in [2.45, 2.75) is 122 Å². The van der Waals surface area contributed by atoms with E-state index in [-0.39, 0.29) is 5.41 Å². The molecule has 1 aromatic carbocycles. The Kier molecular flexibility index (Phi) is 9.68. The van der Waals surface area contributed by atoms with Gasteiger partial charge in [-0.3, -0.25) is 4.99 Å². The second kappa shape index (κ2) is 11.7. The van der Waals surface area contributed by atoms with Crippen molar-refractivity contribution in [3.63, 3.8) is 0 Å². The highest BCUT2D eigenvalue weighted by Gasteiger charge is 2.28. The van der Waals surface area contributed by atoms with Gasteiger partial charge in [0.25, 0.3) is 0 Å². The second-order valence-corrected chi connectivity index (χ2v) is 9.44. The summed E-state index contributed by atoms with van der Waals surface area (Å²) < 4.78 is 0. The van der Waals surface area contributed by atoms with Crippen LogP contribution in [0.25, 0.3) is 0 Å². The highest BCUT2D eigenvalue weighted by Crippen LogP contribution is 2.38. The van der Waals surface area contributed by atoms with E-state index in [2.05, 4.69) is 49.9 Å². The van der Waals surface area contributed by atoms with Gasteiger partial charge in [0.2, 0.25) is 0 Å². The maximum Gasteiger partial charge on any atom is 0.122 e. The third-order valence-electron chi connectivity index (χ3n) is 7.01. The fraction of sp³-hybridized carbons (Fsp3) is 0.731. The first-order chi connectivity index (χ1) is 13.9. The quantitative estimate of drug-likeness (QED) is 0.298. The molecule has 3 nitrogen and oxygen atoms in total. The Morgan fingerprint density at radius 3 is 2.48 bits per heavy atom. The molecule has 0 heterocycles. The maximum absolute atomic E-state index is 10.8. The van der Waals surface area contributed by atoms with E-state index in [0.29, 0.717) is 24.4 Å². The normalized spacial score (nSPS) is 21.7. The SMILES string of the molecule is C=NC1CCCCC1NCc1cc(C(C)(CCCC)CCCCC)cc(C)c1O. The molecule has 1 aliphatic rings. The van der Waals surface area contributed by atoms with Gasteiger partial charge in [-0.25, -0.2) is 0 Å². The highest BCUT2D eigenvalue weighted by molar-refractivity contribution is 5.45. The zero-order valence-corrected chi connectivity index (χ0v) is 19.4. The van der Waals surface area contributed by atoms with E-state index < -0.39 is 0 Å². The minimum atomic E-state index is 0.189. The predicted molar refractivity (Wildman–Crippen MR) is 126 cm³/mol. The molecule has 2 rings (SSSR count). The van der Waals surface area contributed by atoms with Crippen molar-refractivity contribution in [1.29, 1.82) is 0 Å². The number of phenolic OH excluding ortho intramolecular Hbond substituents is 1. The summed E-state index contributed by atoms with van der Waals surface area (Å²) in [5, 5.41) is 14.4. The lowest BCUT2D eigenvalue weighted by Gasteiger charge is -2.32. The summed E-state index contributed by atoms with van der Waals surface area (Å²) in [6.45, 7) is 13.5. The van der Waals surface area contributed by atoms with Gasteiger partial charge in [-0.2, -0.15) is 0 Å². The predicted octanol–water partition coefficient (Wildman–Crippen LogP) is 6.83. The number of aryl methyl sites for hydroxylation is 1. The Morgan fingerprint density at radius 1 is 1.10 bits per heavy atom. The van der Waals surface area contributed by atoms with E-state index in [1.807, 2.05) is 6.92 Å². The zero-order chi connectivity index (χ0) is 21.3. The number of benzene rings is 1. The van der Waals surface area contributed by atoms with E-state index in [0.717, 1.165) is 24.0 Å². The Morgan fingerprint density at radius 2 is 1.79 bits per heavy atom. The van der Waals surface area contributed by atoms with E-state index in [1.165, 1.54) is 63.4 Å². The first-order valence-electron chi connectivity index (χ1n) is 12.0. The van der Waals surface area contributed by atoms with Crippen LogP contribution < -0.4 is 5.32 Å². The van der Waals surface area contributed by atoms with Crippen molar-refractivity contribution < 1.29 is 5.11 Å². The molecule has 0 spiro atoms. The number of rotatable bonds is 12. The molecule has 1 aliphatic carbocycles. The number of aliphatic imine (C=N–C) groups is 1. The summed E-state index contributed by atoms with van der Waals surface area (Å²) in [4.78, 5) is 4.34. The Hall–Kier alpha value is -1.35. The van der Waals surface area contributed by atoms with Crippen molar-refractivity contribution in [3.8, 4) is 5.75 Å². The number of phenols is 1. The van der Waals surface area contributed by atoms with Crippen LogP contribution >= 0.6 is 0 Å². The average molecular weight is 401 g/mol. The summed E-state index contributed by atoms with van der Waals surface area (Å²) in [5.74, 6) is 0.451. The molecule has 0 saturated heterocycles. The lowest BCUT2D eigenvalue weighted by atomic mass is 9.73. The van der Waals surface area contributed by atoms with Crippen LogP contribution in [0, 0.1) is 6.92 Å². The molecule has 0 aromatic heterocycles. The number of hydrogen-bond acceptors (Lipinski definition) is 3. The molecule has 164 valence electrons. The van der Waals surface area contributed by atoms with E-state index in [1.54, 1.807) is 0 Å². The average Bonchev–Trinajstić information content (AvgIpc) is 2.73. The van der Waals surface area contributed by atoms with E-state index in [4.69, 9.17) is 0 Å². The van der Waals surface area contributed by atoms with Crippen molar-refractivity contribution in [1.82, 2.24) is 5.32 Å². The number of hydrogen-bond donors (Lipinski definition) is 2. The fourth-order valence-electron chi connectivity index (χ4n) is 4.89. The molecule has 3 heteroatoms. The standard InChI is InChI=1S/C26H44N2O/c1-6-8-12-16-26(4,15-9-7-2)22-17-20(3)25(29)21(18-22)19-28-24-14-11-10-13-23(24)27-5/h17-18,23-24,28-29H,5-16,19H2,1-4H3. The van der Waals surface area contributed by atoms with Gasteiger partial charge in [-0.05, 0) is 55.9 Å². The first-order valence-corrected chi connectivity index (χ1v) is 12.0. The van der Waals surface area contributed by atoms with Crippen LogP contribution in [-0.2, 0) is 12.0 Å². The molecular formula is C26H44N2O. The third kappa shape index (κ3) is 6.57. The zero-order valence-electron chi connectivity index (χ0n) is 19.4. The smallest absolute Gasteiger partial charge is 0.122 e. The molecule has 0 bridgehead atoms. The molecule has 1 fully saturated rings. The molecule has 1 aromatic rings. The van der Waals surface area contributed by atoms with E-state index in [9.17, 15) is 5.11 Å². The number of aromatic hydroxyl groups is 1. The van der Waals surface area contributed by atoms with Gasteiger partial charge in [0.05, 0.1) is 6.04 Å². The lowest BCUT2D eigenvalue weighted by molar-refractivity contribution is 0.326. The maximum atomic E-state index is 10.8. The first kappa shape index (κ1) is 23.9. The van der Waals surface area contributed by atoms with Crippen LogP contribution in [0.1, 0.15) is 108 Å². The Bertz CT molecular complexity index is 642. The van der Waals surface area contributed by atoms with Crippen LogP contribution in [0.4, 0.5) is 0 Å². The van der Waals surface area contributed by atoms with Crippen LogP contribution in [-0.4, -0.2) is 23.9 Å². The molecule has 3 atom stereocenters. The molecule has 29 heavy (non-hydrogen) atoms. The van der Waals surface area contributed by atoms with Crippen molar-refractivity contribution in [2.24, 2.45) is 4.99 Å². The summed E-state index contributed by atoms with van der Waals surface area (Å²) in [5.41, 5.74) is 3.62. The summed E-state index contributed by atoms with van der Waals surface area (Å²) >= 11 is 0. The summed E-state index contributed by atoms with van der Waals surface area (Å²) in [6.07, 6.45) is 13.5. The van der Waals surface area contributed by atoms with Crippen LogP contribution in [0.2, 0.25) is 0 Å². The summed E-state index contributed by atoms with van der Waals surface area (Å²) in [6, 6.07) is 5.19.